The Morgan fingerprint density at radius 1 is 1.18 bits per heavy atom. The first kappa shape index (κ1) is 18.7. The van der Waals surface area contributed by atoms with E-state index in [1.54, 1.807) is 12.1 Å². The van der Waals surface area contributed by atoms with Gasteiger partial charge in [-0.1, -0.05) is 30.3 Å². The number of aromatic amines is 1. The number of rotatable bonds is 6. The van der Waals surface area contributed by atoms with Gasteiger partial charge in [-0.3, -0.25) is 4.79 Å². The molecule has 1 aliphatic rings. The van der Waals surface area contributed by atoms with E-state index in [1.165, 1.54) is 12.1 Å². The SMILES string of the molecule is NCC[C@H]1CNC(CNC(=O)c2[nH]c3ccccc3c2-c2ccc(F)cc2)C1. The third kappa shape index (κ3) is 3.79. The number of halogens is 1. The molecule has 1 saturated heterocycles. The van der Waals surface area contributed by atoms with Crippen LogP contribution in [0.2, 0.25) is 0 Å². The second kappa shape index (κ2) is 8.12. The second-order valence-electron chi connectivity index (χ2n) is 7.42. The summed E-state index contributed by atoms with van der Waals surface area (Å²) in [7, 11) is 0. The lowest BCUT2D eigenvalue weighted by molar-refractivity contribution is 0.0946. The van der Waals surface area contributed by atoms with Gasteiger partial charge in [0.15, 0.2) is 0 Å². The molecule has 6 heteroatoms. The van der Waals surface area contributed by atoms with Gasteiger partial charge in [-0.2, -0.15) is 0 Å². The Balaban J connectivity index is 1.57. The zero-order valence-electron chi connectivity index (χ0n) is 15.7. The Kier molecular flexibility index (Phi) is 5.41. The fourth-order valence-electron chi connectivity index (χ4n) is 4.05. The van der Waals surface area contributed by atoms with Crippen LogP contribution in [-0.2, 0) is 0 Å². The van der Waals surface area contributed by atoms with Gasteiger partial charge in [0.2, 0.25) is 0 Å². The summed E-state index contributed by atoms with van der Waals surface area (Å²) < 4.78 is 13.4. The zero-order valence-corrected chi connectivity index (χ0v) is 15.7. The van der Waals surface area contributed by atoms with E-state index in [1.807, 2.05) is 24.3 Å². The average molecular weight is 380 g/mol. The molecule has 2 atom stereocenters. The monoisotopic (exact) mass is 380 g/mol. The number of hydrogen-bond acceptors (Lipinski definition) is 3. The first-order chi connectivity index (χ1) is 13.7. The van der Waals surface area contributed by atoms with Gasteiger partial charge in [-0.05, 0) is 55.6 Å². The van der Waals surface area contributed by atoms with Crippen molar-refractivity contribution < 1.29 is 9.18 Å². The van der Waals surface area contributed by atoms with Gasteiger partial charge in [0.1, 0.15) is 11.5 Å². The molecule has 1 aromatic heterocycles. The predicted molar refractivity (Wildman–Crippen MR) is 110 cm³/mol. The average Bonchev–Trinajstić information content (AvgIpc) is 3.31. The van der Waals surface area contributed by atoms with Gasteiger partial charge in [0.25, 0.3) is 5.91 Å². The predicted octanol–water partition coefficient (Wildman–Crippen LogP) is 3.03. The van der Waals surface area contributed by atoms with Crippen molar-refractivity contribution in [2.24, 2.45) is 11.7 Å². The van der Waals surface area contributed by atoms with Gasteiger partial charge >= 0.3 is 0 Å². The van der Waals surface area contributed by atoms with Crippen LogP contribution < -0.4 is 16.4 Å². The van der Waals surface area contributed by atoms with Crippen LogP contribution in [0.5, 0.6) is 0 Å². The molecule has 5 nitrogen and oxygen atoms in total. The zero-order chi connectivity index (χ0) is 19.5. The first-order valence-corrected chi connectivity index (χ1v) is 9.74. The number of benzene rings is 2. The number of nitrogens with two attached hydrogens (primary N) is 1. The van der Waals surface area contributed by atoms with E-state index in [2.05, 4.69) is 15.6 Å². The maximum absolute atomic E-state index is 13.4. The van der Waals surface area contributed by atoms with Crippen LogP contribution in [0.1, 0.15) is 23.3 Å². The summed E-state index contributed by atoms with van der Waals surface area (Å²) in [4.78, 5) is 16.2. The summed E-state index contributed by atoms with van der Waals surface area (Å²) in [5.74, 6) is 0.128. The second-order valence-corrected chi connectivity index (χ2v) is 7.42. The van der Waals surface area contributed by atoms with Crippen molar-refractivity contribution in [2.75, 3.05) is 19.6 Å². The minimum absolute atomic E-state index is 0.153. The summed E-state index contributed by atoms with van der Waals surface area (Å²) in [5.41, 5.74) is 8.64. The topological polar surface area (TPSA) is 82.9 Å². The largest absolute Gasteiger partial charge is 0.350 e. The minimum atomic E-state index is -0.297. The van der Waals surface area contributed by atoms with E-state index >= 15 is 0 Å². The van der Waals surface area contributed by atoms with Gasteiger partial charge < -0.3 is 21.4 Å². The third-order valence-electron chi connectivity index (χ3n) is 5.46. The smallest absolute Gasteiger partial charge is 0.268 e. The molecule has 3 aromatic rings. The maximum Gasteiger partial charge on any atom is 0.268 e. The van der Waals surface area contributed by atoms with Crippen molar-refractivity contribution in [1.82, 2.24) is 15.6 Å². The summed E-state index contributed by atoms with van der Waals surface area (Å²) >= 11 is 0. The molecule has 0 aliphatic carbocycles. The molecule has 0 spiro atoms. The van der Waals surface area contributed by atoms with Crippen LogP contribution in [0, 0.1) is 11.7 Å². The van der Waals surface area contributed by atoms with Crippen LogP contribution in [0.15, 0.2) is 48.5 Å². The standard InChI is InChI=1S/C22H25FN4O/c23-16-7-5-15(6-8-16)20-18-3-1-2-4-19(18)27-21(20)22(28)26-13-17-11-14(9-10-24)12-25-17/h1-8,14,17,25,27H,9-13,24H2,(H,26,28)/t14-,17?/m1/s1. The lowest BCUT2D eigenvalue weighted by atomic mass is 10.0. The van der Waals surface area contributed by atoms with Crippen molar-refractivity contribution in [3.63, 3.8) is 0 Å². The Bertz CT molecular complexity index is 966. The molecule has 28 heavy (non-hydrogen) atoms. The van der Waals surface area contributed by atoms with Crippen LogP contribution in [0.3, 0.4) is 0 Å². The molecule has 0 saturated carbocycles. The Morgan fingerprint density at radius 2 is 1.96 bits per heavy atom. The van der Waals surface area contributed by atoms with E-state index in [9.17, 15) is 9.18 Å². The molecule has 1 amide bonds. The number of para-hydroxylation sites is 1. The number of amides is 1. The highest BCUT2D eigenvalue weighted by atomic mass is 19.1. The summed E-state index contributed by atoms with van der Waals surface area (Å²) in [6, 6.07) is 14.3. The Hall–Kier alpha value is -2.70. The van der Waals surface area contributed by atoms with Crippen molar-refractivity contribution in [1.29, 1.82) is 0 Å². The maximum atomic E-state index is 13.4. The number of fused-ring (bicyclic) bond motifs is 1. The van der Waals surface area contributed by atoms with Crippen molar-refractivity contribution >= 4 is 16.8 Å². The van der Waals surface area contributed by atoms with Crippen LogP contribution >= 0.6 is 0 Å². The number of aromatic nitrogens is 1. The molecular formula is C22H25FN4O. The van der Waals surface area contributed by atoms with E-state index in [-0.39, 0.29) is 17.8 Å². The molecule has 2 heterocycles. The summed E-state index contributed by atoms with van der Waals surface area (Å²) in [6.07, 6.45) is 2.03. The van der Waals surface area contributed by atoms with E-state index < -0.39 is 0 Å². The third-order valence-corrected chi connectivity index (χ3v) is 5.46. The molecule has 1 aliphatic heterocycles. The molecule has 2 aromatic carbocycles. The molecule has 0 radical (unpaired) electrons. The molecule has 4 rings (SSSR count). The summed E-state index contributed by atoms with van der Waals surface area (Å²) in [6.45, 7) is 2.21. The fourth-order valence-corrected chi connectivity index (χ4v) is 4.05. The minimum Gasteiger partial charge on any atom is -0.350 e. The van der Waals surface area contributed by atoms with Gasteiger partial charge in [-0.15, -0.1) is 0 Å². The molecule has 146 valence electrons. The molecule has 1 unspecified atom stereocenters. The lowest BCUT2D eigenvalue weighted by Crippen LogP contribution is -2.37. The van der Waals surface area contributed by atoms with E-state index in [0.29, 0.717) is 24.7 Å². The summed E-state index contributed by atoms with van der Waals surface area (Å²) in [5, 5.41) is 7.45. The van der Waals surface area contributed by atoms with Gasteiger partial charge in [0, 0.05) is 29.1 Å². The van der Waals surface area contributed by atoms with Crippen molar-refractivity contribution in [2.45, 2.75) is 18.9 Å². The highest BCUT2D eigenvalue weighted by molar-refractivity contribution is 6.09. The highest BCUT2D eigenvalue weighted by Crippen LogP contribution is 2.32. The van der Waals surface area contributed by atoms with Crippen molar-refractivity contribution in [3.05, 3.63) is 60.0 Å². The fraction of sp³-hybridized carbons (Fsp3) is 0.318. The Morgan fingerprint density at radius 3 is 2.75 bits per heavy atom. The number of hydrogen-bond donors (Lipinski definition) is 4. The van der Waals surface area contributed by atoms with Crippen LogP contribution in [0.4, 0.5) is 4.39 Å². The van der Waals surface area contributed by atoms with Crippen LogP contribution in [-0.4, -0.2) is 36.6 Å². The Labute approximate surface area is 163 Å². The lowest BCUT2D eigenvalue weighted by Gasteiger charge is -2.12. The first-order valence-electron chi connectivity index (χ1n) is 9.74. The number of carbonyl (C=O) groups is 1. The normalized spacial score (nSPS) is 19.2. The number of carbonyl (C=O) groups excluding carboxylic acids is 1. The molecular weight excluding hydrogens is 355 g/mol. The quantitative estimate of drug-likeness (QED) is 0.530. The van der Waals surface area contributed by atoms with Crippen LogP contribution in [0.25, 0.3) is 22.0 Å². The van der Waals surface area contributed by atoms with E-state index in [0.717, 1.165) is 41.4 Å². The molecule has 0 bridgehead atoms. The van der Waals surface area contributed by atoms with Gasteiger partial charge in [-0.25, -0.2) is 4.39 Å². The highest BCUT2D eigenvalue weighted by Gasteiger charge is 2.25. The number of H-pyrrole nitrogens is 1. The number of nitrogens with one attached hydrogen (secondary N) is 3. The molecule has 5 N–H and O–H groups in total. The van der Waals surface area contributed by atoms with Gasteiger partial charge in [0.05, 0.1) is 0 Å². The molecule has 1 fully saturated rings. The van der Waals surface area contributed by atoms with Crippen molar-refractivity contribution in [3.8, 4) is 11.1 Å². The van der Waals surface area contributed by atoms with E-state index in [4.69, 9.17) is 5.73 Å².